The van der Waals surface area contributed by atoms with Crippen LogP contribution < -0.4 is 5.19 Å². The molecule has 0 aromatic heterocycles. The van der Waals surface area contributed by atoms with Crippen molar-refractivity contribution >= 4 is 19.2 Å². The maximum atomic E-state index is 12.4. The minimum atomic E-state index is -1.83. The van der Waals surface area contributed by atoms with Gasteiger partial charge in [-0.05, 0) is 19.3 Å². The molecular weight excluding hydrogens is 240 g/mol. The van der Waals surface area contributed by atoms with Gasteiger partial charge in [-0.3, -0.25) is 4.79 Å². The average Bonchev–Trinajstić information content (AvgIpc) is 3.04. The Balaban J connectivity index is 2.36. The summed E-state index contributed by atoms with van der Waals surface area (Å²) in [6.07, 6.45) is 0.986. The van der Waals surface area contributed by atoms with E-state index in [1.165, 1.54) is 5.19 Å². The van der Waals surface area contributed by atoms with Crippen molar-refractivity contribution in [2.45, 2.75) is 38.4 Å². The van der Waals surface area contributed by atoms with Gasteiger partial charge in [0.05, 0.1) is 19.7 Å². The summed E-state index contributed by atoms with van der Waals surface area (Å²) >= 11 is 0. The molecule has 0 spiro atoms. The molecule has 2 atom stereocenters. The Morgan fingerprint density at radius 2 is 1.94 bits per heavy atom. The van der Waals surface area contributed by atoms with Crippen molar-refractivity contribution in [2.75, 3.05) is 6.61 Å². The van der Waals surface area contributed by atoms with E-state index in [0.717, 1.165) is 6.42 Å². The molecule has 0 heterocycles. The highest BCUT2D eigenvalue weighted by molar-refractivity contribution is 6.95. The van der Waals surface area contributed by atoms with Gasteiger partial charge in [-0.2, -0.15) is 0 Å². The average molecular weight is 262 g/mol. The van der Waals surface area contributed by atoms with Gasteiger partial charge in [-0.25, -0.2) is 0 Å². The number of esters is 1. The topological polar surface area (TPSA) is 26.3 Å². The fraction of sp³-hybridized carbons (Fsp3) is 0.533. The quantitative estimate of drug-likeness (QED) is 0.616. The summed E-state index contributed by atoms with van der Waals surface area (Å²) in [6, 6.07) is 10.5. The molecule has 2 rings (SSSR count). The molecular formula is C15H22O2Si. The molecule has 2 nitrogen and oxygen atoms in total. The molecule has 1 saturated carbocycles. The van der Waals surface area contributed by atoms with Crippen molar-refractivity contribution in [3.63, 3.8) is 0 Å². The summed E-state index contributed by atoms with van der Waals surface area (Å²) < 4.78 is 5.34. The number of ether oxygens (including phenoxy) is 1. The fourth-order valence-electron chi connectivity index (χ4n) is 3.21. The first-order valence-corrected chi connectivity index (χ1v) is 9.69. The maximum absolute atomic E-state index is 12.4. The molecule has 0 radical (unpaired) electrons. The molecule has 1 aliphatic rings. The first-order valence-electron chi connectivity index (χ1n) is 6.69. The van der Waals surface area contributed by atoms with E-state index in [4.69, 9.17) is 4.74 Å². The summed E-state index contributed by atoms with van der Waals surface area (Å²) in [4.78, 5) is 12.4. The van der Waals surface area contributed by atoms with Crippen LogP contribution in [-0.2, 0) is 9.53 Å². The van der Waals surface area contributed by atoms with E-state index in [1.807, 2.05) is 13.0 Å². The third-order valence-corrected chi connectivity index (χ3v) is 9.47. The normalized spacial score (nSPS) is 26.8. The van der Waals surface area contributed by atoms with Crippen molar-refractivity contribution in [1.29, 1.82) is 0 Å². The summed E-state index contributed by atoms with van der Waals surface area (Å²) in [5, 5.41) is 1.15. The van der Waals surface area contributed by atoms with Gasteiger partial charge < -0.3 is 4.74 Å². The standard InChI is InChI=1S/C15H22O2Si/c1-5-17-14(16)15(11-12(15)2)18(3,4)13-9-7-6-8-10-13/h6-10,12H,5,11H2,1-4H3/t12-,15-/m1/s1. The third-order valence-electron chi connectivity index (χ3n) is 4.56. The van der Waals surface area contributed by atoms with E-state index in [-0.39, 0.29) is 11.0 Å². The Hall–Kier alpha value is -1.09. The first kappa shape index (κ1) is 13.3. The molecule has 1 aromatic carbocycles. The van der Waals surface area contributed by atoms with Crippen molar-refractivity contribution in [1.82, 2.24) is 0 Å². The Morgan fingerprint density at radius 3 is 2.39 bits per heavy atom. The first-order chi connectivity index (χ1) is 8.46. The van der Waals surface area contributed by atoms with Gasteiger partial charge in [0.1, 0.15) is 0 Å². The van der Waals surface area contributed by atoms with Crippen LogP contribution in [0.1, 0.15) is 20.3 Å². The minimum absolute atomic E-state index is 0.0259. The number of carbonyl (C=O) groups excluding carboxylic acids is 1. The van der Waals surface area contributed by atoms with Crippen LogP contribution in [0.3, 0.4) is 0 Å². The number of rotatable bonds is 4. The zero-order valence-electron chi connectivity index (χ0n) is 11.7. The van der Waals surface area contributed by atoms with Gasteiger partial charge in [0, 0.05) is 0 Å². The molecule has 0 bridgehead atoms. The Morgan fingerprint density at radius 1 is 1.39 bits per heavy atom. The number of hydrogen-bond acceptors (Lipinski definition) is 2. The largest absolute Gasteiger partial charge is 0.466 e. The number of hydrogen-bond donors (Lipinski definition) is 0. The van der Waals surface area contributed by atoms with Crippen LogP contribution in [0, 0.1) is 5.92 Å². The fourth-order valence-corrected chi connectivity index (χ4v) is 7.38. The van der Waals surface area contributed by atoms with Crippen LogP contribution in [-0.4, -0.2) is 20.7 Å². The van der Waals surface area contributed by atoms with Crippen LogP contribution in [0.2, 0.25) is 18.1 Å². The van der Waals surface area contributed by atoms with Gasteiger partial charge >= 0.3 is 5.97 Å². The van der Waals surface area contributed by atoms with Crippen molar-refractivity contribution in [2.24, 2.45) is 5.92 Å². The molecule has 18 heavy (non-hydrogen) atoms. The molecule has 0 saturated heterocycles. The van der Waals surface area contributed by atoms with E-state index in [0.29, 0.717) is 12.5 Å². The van der Waals surface area contributed by atoms with E-state index in [1.54, 1.807) is 0 Å². The second-order valence-electron chi connectivity index (χ2n) is 5.79. The summed E-state index contributed by atoms with van der Waals surface area (Å²) in [6.45, 7) is 9.13. The molecule has 0 amide bonds. The Labute approximate surface area is 110 Å². The van der Waals surface area contributed by atoms with Crippen LogP contribution in [0.5, 0.6) is 0 Å². The summed E-state index contributed by atoms with van der Waals surface area (Å²) in [5.74, 6) is 0.483. The lowest BCUT2D eigenvalue weighted by Crippen LogP contribution is -2.51. The van der Waals surface area contributed by atoms with Crippen molar-refractivity contribution < 1.29 is 9.53 Å². The maximum Gasteiger partial charge on any atom is 0.309 e. The van der Waals surface area contributed by atoms with Gasteiger partial charge in [0.2, 0.25) is 0 Å². The zero-order chi connectivity index (χ0) is 13.4. The summed E-state index contributed by atoms with van der Waals surface area (Å²) in [7, 11) is -1.83. The highest BCUT2D eigenvalue weighted by atomic mass is 28.3. The molecule has 0 N–H and O–H groups in total. The molecule has 1 aliphatic carbocycles. The Bertz CT molecular complexity index is 441. The number of carbonyl (C=O) groups is 1. The van der Waals surface area contributed by atoms with Gasteiger partial charge in [0.15, 0.2) is 0 Å². The van der Waals surface area contributed by atoms with Crippen LogP contribution in [0.4, 0.5) is 0 Å². The van der Waals surface area contributed by atoms with Gasteiger partial charge in [-0.15, -0.1) is 0 Å². The Kier molecular flexibility index (Phi) is 3.36. The lowest BCUT2D eigenvalue weighted by atomic mass is 10.3. The molecule has 0 aliphatic heterocycles. The highest BCUT2D eigenvalue weighted by Crippen LogP contribution is 2.66. The van der Waals surface area contributed by atoms with Crippen LogP contribution >= 0.6 is 0 Å². The van der Waals surface area contributed by atoms with Gasteiger partial charge in [0.25, 0.3) is 0 Å². The van der Waals surface area contributed by atoms with E-state index in [9.17, 15) is 4.79 Å². The second-order valence-corrected chi connectivity index (χ2v) is 10.5. The van der Waals surface area contributed by atoms with E-state index in [2.05, 4.69) is 44.3 Å². The molecule has 3 heteroatoms. The van der Waals surface area contributed by atoms with Crippen LogP contribution in [0.25, 0.3) is 0 Å². The van der Waals surface area contributed by atoms with Crippen molar-refractivity contribution in [3.8, 4) is 0 Å². The highest BCUT2D eigenvalue weighted by Gasteiger charge is 2.68. The van der Waals surface area contributed by atoms with Gasteiger partial charge in [-0.1, -0.05) is 55.5 Å². The van der Waals surface area contributed by atoms with Crippen LogP contribution in [0.15, 0.2) is 30.3 Å². The van der Waals surface area contributed by atoms with Crippen molar-refractivity contribution in [3.05, 3.63) is 30.3 Å². The smallest absolute Gasteiger partial charge is 0.309 e. The number of benzene rings is 1. The SMILES string of the molecule is CCOC(=O)[C@@]1([Si](C)(C)c2ccccc2)C[C@H]1C. The molecule has 0 unspecified atom stereocenters. The zero-order valence-corrected chi connectivity index (χ0v) is 12.7. The second kappa shape index (κ2) is 4.54. The minimum Gasteiger partial charge on any atom is -0.466 e. The predicted molar refractivity (Wildman–Crippen MR) is 76.7 cm³/mol. The lowest BCUT2D eigenvalue weighted by Gasteiger charge is -2.32. The molecule has 1 aromatic rings. The third kappa shape index (κ3) is 1.81. The monoisotopic (exact) mass is 262 g/mol. The predicted octanol–water partition coefficient (Wildman–Crippen LogP) is 2.95. The summed E-state index contributed by atoms with van der Waals surface area (Å²) in [5.41, 5.74) is 0. The van der Waals surface area contributed by atoms with E-state index >= 15 is 0 Å². The lowest BCUT2D eigenvalue weighted by molar-refractivity contribution is -0.144. The molecule has 98 valence electrons. The molecule has 1 fully saturated rings. The van der Waals surface area contributed by atoms with E-state index < -0.39 is 8.07 Å².